The Bertz CT molecular complexity index is 2420. The number of benzene rings is 4. The zero-order chi connectivity index (χ0) is 35.3. The standard InChI is InChI=1S/C46H40N4O.Pt/c1-45(2,3)27-41-37-13-15-39-35(33(37)17-21-47-41)19-23-49-43(39)29-9-7-11-31(25-29)51-32-12-8-10-30(26-32)44-40-16-14-38-34(36(40)20-24-50-44)18-22-48-42(38)28-46(4,5)6;/h7-24H,27-28H2,1-6H3;/q-2;+2. The summed E-state index contributed by atoms with van der Waals surface area (Å²) < 4.78 is 6.41. The Morgan fingerprint density at radius 2 is 0.808 bits per heavy atom. The van der Waals surface area contributed by atoms with E-state index in [0.717, 1.165) is 68.3 Å². The molecular weight excluding hydrogens is 820 g/mol. The SMILES string of the molecule is CC(C)(C)Cc1nccc2c1ccc1c(-c3[c-]c(Oc4[c-]c(-c5nccc6c5ccc5c(CC(C)(C)C)nccc56)ccc4)ccc3)nccc12.[Pt+2]. The van der Waals surface area contributed by atoms with Gasteiger partial charge in [0.05, 0.1) is 0 Å². The summed E-state index contributed by atoms with van der Waals surface area (Å²) in [6, 6.07) is 35.9. The van der Waals surface area contributed by atoms with Crippen molar-refractivity contribution in [2.45, 2.75) is 54.4 Å². The van der Waals surface area contributed by atoms with E-state index in [1.807, 2.05) is 61.2 Å². The largest absolute Gasteiger partial charge is 2.00 e. The Kier molecular flexibility index (Phi) is 9.44. The molecule has 52 heavy (non-hydrogen) atoms. The Hall–Kier alpha value is -4.99. The van der Waals surface area contributed by atoms with E-state index in [0.29, 0.717) is 11.5 Å². The van der Waals surface area contributed by atoms with Crippen LogP contribution in [0.4, 0.5) is 0 Å². The first-order valence-electron chi connectivity index (χ1n) is 17.5. The van der Waals surface area contributed by atoms with Crippen LogP contribution in [0.3, 0.4) is 0 Å². The fraction of sp³-hybridized carbons (Fsp3) is 0.217. The predicted octanol–water partition coefficient (Wildman–Crippen LogP) is 11.8. The molecule has 0 aliphatic carbocycles. The summed E-state index contributed by atoms with van der Waals surface area (Å²) in [6.07, 6.45) is 9.41. The van der Waals surface area contributed by atoms with Crippen molar-refractivity contribution in [3.8, 4) is 34.0 Å². The monoisotopic (exact) mass is 859 g/mol. The molecule has 4 aromatic carbocycles. The molecule has 4 aromatic heterocycles. The number of fused-ring (bicyclic) bond motifs is 6. The van der Waals surface area contributed by atoms with E-state index in [-0.39, 0.29) is 31.9 Å². The van der Waals surface area contributed by atoms with Crippen LogP contribution in [0.15, 0.2) is 110 Å². The summed E-state index contributed by atoms with van der Waals surface area (Å²) in [7, 11) is 0. The number of aromatic nitrogens is 4. The molecule has 0 saturated heterocycles. The Balaban J connectivity index is 0.00000420. The number of pyridine rings is 4. The first kappa shape index (κ1) is 35.4. The van der Waals surface area contributed by atoms with Gasteiger partial charge in [-0.3, -0.25) is 9.97 Å². The number of nitrogens with zero attached hydrogens (tertiary/aromatic N) is 4. The molecule has 5 nitrogen and oxygen atoms in total. The molecule has 8 aromatic rings. The third kappa shape index (κ3) is 7.07. The molecule has 0 aliphatic heterocycles. The maximum Gasteiger partial charge on any atom is 2.00 e. The van der Waals surface area contributed by atoms with Crippen molar-refractivity contribution in [2.75, 3.05) is 0 Å². The summed E-state index contributed by atoms with van der Waals surface area (Å²) in [4.78, 5) is 19.1. The van der Waals surface area contributed by atoms with Gasteiger partial charge in [0, 0.05) is 58.4 Å². The van der Waals surface area contributed by atoms with Crippen LogP contribution in [0.2, 0.25) is 0 Å². The summed E-state index contributed by atoms with van der Waals surface area (Å²) in [5, 5.41) is 9.16. The van der Waals surface area contributed by atoms with Gasteiger partial charge in [-0.05, 0) is 91.6 Å². The molecule has 0 radical (unpaired) electrons. The molecule has 0 fully saturated rings. The summed E-state index contributed by atoms with van der Waals surface area (Å²) in [5.74, 6) is 1.18. The average molecular weight is 860 g/mol. The molecular formula is C46H40N4OPt. The summed E-state index contributed by atoms with van der Waals surface area (Å²) in [6.45, 7) is 13.5. The van der Waals surface area contributed by atoms with Crippen molar-refractivity contribution in [1.29, 1.82) is 0 Å². The van der Waals surface area contributed by atoms with E-state index in [1.165, 1.54) is 21.5 Å². The second kappa shape index (κ2) is 13.9. The molecule has 0 saturated carbocycles. The van der Waals surface area contributed by atoms with Gasteiger partial charge >= 0.3 is 21.1 Å². The van der Waals surface area contributed by atoms with Crippen LogP contribution in [-0.4, -0.2) is 19.9 Å². The van der Waals surface area contributed by atoms with Crippen LogP contribution in [0, 0.1) is 23.0 Å². The van der Waals surface area contributed by atoms with Gasteiger partial charge in [0.15, 0.2) is 0 Å². The van der Waals surface area contributed by atoms with Crippen molar-refractivity contribution in [1.82, 2.24) is 19.9 Å². The fourth-order valence-corrected chi connectivity index (χ4v) is 7.09. The minimum atomic E-state index is 0. The predicted molar refractivity (Wildman–Crippen MR) is 209 cm³/mol. The molecule has 0 aliphatic rings. The van der Waals surface area contributed by atoms with Crippen molar-refractivity contribution >= 4 is 43.1 Å². The Morgan fingerprint density at radius 3 is 1.21 bits per heavy atom. The molecule has 0 spiro atoms. The third-order valence-corrected chi connectivity index (χ3v) is 9.20. The van der Waals surface area contributed by atoms with Crippen molar-refractivity contribution < 1.29 is 25.8 Å². The molecule has 0 N–H and O–H groups in total. The Morgan fingerprint density at radius 1 is 0.442 bits per heavy atom. The van der Waals surface area contributed by atoms with Gasteiger partial charge in [0.1, 0.15) is 0 Å². The minimum Gasteiger partial charge on any atom is -0.497 e. The molecule has 0 amide bonds. The maximum atomic E-state index is 6.41. The zero-order valence-corrected chi connectivity index (χ0v) is 32.6. The van der Waals surface area contributed by atoms with Gasteiger partial charge in [-0.2, -0.15) is 0 Å². The number of hydrogen-bond donors (Lipinski definition) is 0. The zero-order valence-electron chi connectivity index (χ0n) is 30.3. The molecule has 0 atom stereocenters. The van der Waals surface area contributed by atoms with Gasteiger partial charge < -0.3 is 14.7 Å². The molecule has 8 rings (SSSR count). The number of rotatable bonds is 6. The molecule has 260 valence electrons. The summed E-state index contributed by atoms with van der Waals surface area (Å²) in [5.41, 5.74) is 5.97. The second-order valence-corrected chi connectivity index (χ2v) is 15.8. The number of ether oxygens (including phenoxy) is 1. The van der Waals surface area contributed by atoms with Crippen molar-refractivity contribution in [3.05, 3.63) is 133 Å². The van der Waals surface area contributed by atoms with E-state index in [2.05, 4.69) is 102 Å². The number of hydrogen-bond acceptors (Lipinski definition) is 5. The maximum absolute atomic E-state index is 6.41. The minimum absolute atomic E-state index is 0. The van der Waals surface area contributed by atoms with Crippen LogP contribution < -0.4 is 4.74 Å². The van der Waals surface area contributed by atoms with Crippen molar-refractivity contribution in [3.63, 3.8) is 0 Å². The fourth-order valence-electron chi connectivity index (χ4n) is 7.09. The molecule has 0 unspecified atom stereocenters. The molecule has 6 heteroatoms. The smallest absolute Gasteiger partial charge is 0.497 e. The van der Waals surface area contributed by atoms with Crippen molar-refractivity contribution in [2.24, 2.45) is 10.8 Å². The van der Waals surface area contributed by atoms with Gasteiger partial charge in [0.25, 0.3) is 0 Å². The topological polar surface area (TPSA) is 60.8 Å². The van der Waals surface area contributed by atoms with E-state index in [9.17, 15) is 0 Å². The van der Waals surface area contributed by atoms with Crippen LogP contribution in [-0.2, 0) is 33.9 Å². The molecule has 4 heterocycles. The first-order chi connectivity index (χ1) is 24.5. The van der Waals surface area contributed by atoms with Gasteiger partial charge in [0.2, 0.25) is 0 Å². The quantitative estimate of drug-likeness (QED) is 0.123. The van der Waals surface area contributed by atoms with Gasteiger partial charge in [-0.25, -0.2) is 0 Å². The van der Waals surface area contributed by atoms with E-state index < -0.39 is 0 Å². The van der Waals surface area contributed by atoms with E-state index in [1.54, 1.807) is 0 Å². The average Bonchev–Trinajstić information content (AvgIpc) is 3.10. The second-order valence-electron chi connectivity index (χ2n) is 15.8. The summed E-state index contributed by atoms with van der Waals surface area (Å²) >= 11 is 0. The van der Waals surface area contributed by atoms with Crippen LogP contribution in [0.25, 0.3) is 65.6 Å². The third-order valence-electron chi connectivity index (χ3n) is 9.20. The van der Waals surface area contributed by atoms with E-state index >= 15 is 0 Å². The van der Waals surface area contributed by atoms with Gasteiger partial charge in [-0.1, -0.05) is 77.9 Å². The van der Waals surface area contributed by atoms with Gasteiger partial charge in [-0.15, -0.1) is 47.5 Å². The van der Waals surface area contributed by atoms with Crippen LogP contribution >= 0.6 is 0 Å². The van der Waals surface area contributed by atoms with Crippen LogP contribution in [0.1, 0.15) is 52.9 Å². The molecule has 0 bridgehead atoms. The van der Waals surface area contributed by atoms with E-state index in [4.69, 9.17) is 24.7 Å². The normalized spacial score (nSPS) is 12.0. The first-order valence-corrected chi connectivity index (χ1v) is 17.5. The van der Waals surface area contributed by atoms with Crippen LogP contribution in [0.5, 0.6) is 11.5 Å². The Labute approximate surface area is 319 Å².